The molecule has 0 bridgehead atoms. The van der Waals surface area contributed by atoms with Crippen LogP contribution in [0, 0.1) is 11.8 Å². The first-order valence-electron chi connectivity index (χ1n) is 5.91. The molecule has 0 aromatic carbocycles. The van der Waals surface area contributed by atoms with Crippen LogP contribution in [0.2, 0.25) is 5.02 Å². The molecule has 1 heterocycles. The van der Waals surface area contributed by atoms with Crippen molar-refractivity contribution in [3.05, 3.63) is 17.3 Å². The molecule has 0 radical (unpaired) electrons. The third-order valence-electron chi connectivity index (χ3n) is 3.45. The minimum Gasteiger partial charge on any atom is -0.396 e. The molecule has 3 rings (SSSR count). The molecule has 2 aliphatic carbocycles. The monoisotopic (exact) mass is 237 g/mol. The summed E-state index contributed by atoms with van der Waals surface area (Å²) < 4.78 is 0. The highest BCUT2D eigenvalue weighted by Crippen LogP contribution is 2.46. The summed E-state index contributed by atoms with van der Waals surface area (Å²) in [5, 5.41) is 4.10. The molecule has 0 amide bonds. The van der Waals surface area contributed by atoms with E-state index in [0.717, 1.165) is 17.7 Å². The highest BCUT2D eigenvalue weighted by Gasteiger charge is 2.41. The number of hydrogen-bond donors (Lipinski definition) is 2. The van der Waals surface area contributed by atoms with E-state index < -0.39 is 0 Å². The first-order chi connectivity index (χ1) is 7.74. The molecule has 1 aromatic rings. The van der Waals surface area contributed by atoms with Crippen molar-refractivity contribution in [2.75, 3.05) is 11.1 Å². The summed E-state index contributed by atoms with van der Waals surface area (Å²) in [6.07, 6.45) is 7.05. The number of nitrogens with two attached hydrogens (primary N) is 1. The van der Waals surface area contributed by atoms with E-state index in [2.05, 4.69) is 10.3 Å². The molecule has 16 heavy (non-hydrogen) atoms. The second-order valence-corrected chi connectivity index (χ2v) is 5.37. The van der Waals surface area contributed by atoms with Gasteiger partial charge in [-0.15, -0.1) is 0 Å². The van der Waals surface area contributed by atoms with E-state index in [1.165, 1.54) is 25.7 Å². The molecule has 2 saturated carbocycles. The summed E-state index contributed by atoms with van der Waals surface area (Å²) in [6, 6.07) is 2.34. The Balaban J connectivity index is 1.76. The van der Waals surface area contributed by atoms with Gasteiger partial charge in [-0.05, 0) is 43.6 Å². The van der Waals surface area contributed by atoms with Crippen LogP contribution in [-0.2, 0) is 0 Å². The van der Waals surface area contributed by atoms with Gasteiger partial charge < -0.3 is 11.1 Å². The number of nitrogen functional groups attached to an aromatic ring is 1. The molecular weight excluding hydrogens is 222 g/mol. The highest BCUT2D eigenvalue weighted by atomic mass is 35.5. The summed E-state index contributed by atoms with van der Waals surface area (Å²) in [4.78, 5) is 4.27. The van der Waals surface area contributed by atoms with Crippen LogP contribution in [0.3, 0.4) is 0 Å². The predicted molar refractivity (Wildman–Crippen MR) is 66.5 cm³/mol. The average molecular weight is 238 g/mol. The van der Waals surface area contributed by atoms with Gasteiger partial charge >= 0.3 is 0 Å². The molecule has 3 N–H and O–H groups in total. The summed E-state index contributed by atoms with van der Waals surface area (Å²) in [5.41, 5.74) is 6.55. The Morgan fingerprint density at radius 2 is 1.94 bits per heavy atom. The zero-order valence-electron chi connectivity index (χ0n) is 9.12. The number of anilines is 2. The topological polar surface area (TPSA) is 50.9 Å². The van der Waals surface area contributed by atoms with Gasteiger partial charge in [0, 0.05) is 12.2 Å². The normalized spacial score (nSPS) is 20.1. The van der Waals surface area contributed by atoms with Gasteiger partial charge in [0.15, 0.2) is 0 Å². The van der Waals surface area contributed by atoms with Gasteiger partial charge in [-0.3, -0.25) is 0 Å². The Morgan fingerprint density at radius 1 is 1.31 bits per heavy atom. The fraction of sp³-hybridized carbons (Fsp3) is 0.583. The fourth-order valence-corrected chi connectivity index (χ4v) is 2.43. The van der Waals surface area contributed by atoms with Crippen molar-refractivity contribution in [2.45, 2.75) is 31.7 Å². The van der Waals surface area contributed by atoms with Crippen molar-refractivity contribution in [2.24, 2.45) is 11.8 Å². The summed E-state index contributed by atoms with van der Waals surface area (Å²) in [5.74, 6) is 2.47. The molecule has 3 nitrogen and oxygen atoms in total. The standard InChI is InChI=1S/C12H16ClN3/c13-9-5-10(14)12(15-6-9)16-11(7-1-2-7)8-3-4-8/h5-8,11H,1-4,14H2,(H,15,16). The summed E-state index contributed by atoms with van der Waals surface area (Å²) in [7, 11) is 0. The number of aromatic nitrogens is 1. The Kier molecular flexibility index (Phi) is 2.43. The molecule has 86 valence electrons. The maximum Gasteiger partial charge on any atom is 0.149 e. The van der Waals surface area contributed by atoms with Gasteiger partial charge in [0.05, 0.1) is 10.7 Å². The highest BCUT2D eigenvalue weighted by molar-refractivity contribution is 6.30. The lowest BCUT2D eigenvalue weighted by Crippen LogP contribution is -2.25. The van der Waals surface area contributed by atoms with Crippen molar-refractivity contribution in [1.82, 2.24) is 4.98 Å². The van der Waals surface area contributed by atoms with Gasteiger partial charge in [-0.2, -0.15) is 0 Å². The maximum absolute atomic E-state index is 5.90. The third kappa shape index (κ3) is 2.09. The molecule has 0 saturated heterocycles. The maximum atomic E-state index is 5.90. The molecule has 0 spiro atoms. The SMILES string of the molecule is Nc1cc(Cl)cnc1NC(C1CC1)C1CC1. The predicted octanol–water partition coefficient (Wildman–Crippen LogP) is 2.92. The molecule has 4 heteroatoms. The van der Waals surface area contributed by atoms with E-state index >= 15 is 0 Å². The van der Waals surface area contributed by atoms with Crippen LogP contribution in [0.5, 0.6) is 0 Å². The van der Waals surface area contributed by atoms with E-state index in [1.807, 2.05) is 0 Å². The first-order valence-corrected chi connectivity index (χ1v) is 6.29. The first kappa shape index (κ1) is 10.2. The largest absolute Gasteiger partial charge is 0.396 e. The number of hydrogen-bond acceptors (Lipinski definition) is 3. The number of pyridine rings is 1. The van der Waals surface area contributed by atoms with Gasteiger partial charge in [0.25, 0.3) is 0 Å². The Bertz CT molecular complexity index is 387. The van der Waals surface area contributed by atoms with Crippen molar-refractivity contribution in [1.29, 1.82) is 0 Å². The molecule has 2 fully saturated rings. The molecule has 2 aliphatic rings. The lowest BCUT2D eigenvalue weighted by molar-refractivity contribution is 0.566. The van der Waals surface area contributed by atoms with E-state index in [0.29, 0.717) is 16.8 Å². The minimum absolute atomic E-state index is 0.580. The zero-order chi connectivity index (χ0) is 11.1. The number of halogens is 1. The number of nitrogens with zero attached hydrogens (tertiary/aromatic N) is 1. The number of rotatable bonds is 4. The van der Waals surface area contributed by atoms with Crippen LogP contribution in [0.15, 0.2) is 12.3 Å². The second kappa shape index (κ2) is 3.81. The Hall–Kier alpha value is -0.960. The average Bonchev–Trinajstić information content (AvgIpc) is 3.11. The van der Waals surface area contributed by atoms with Gasteiger partial charge in [-0.1, -0.05) is 11.6 Å². The smallest absolute Gasteiger partial charge is 0.149 e. The van der Waals surface area contributed by atoms with Crippen molar-refractivity contribution in [3.8, 4) is 0 Å². The third-order valence-corrected chi connectivity index (χ3v) is 3.65. The summed E-state index contributed by atoms with van der Waals surface area (Å²) in [6.45, 7) is 0. The van der Waals surface area contributed by atoms with E-state index in [1.54, 1.807) is 12.3 Å². The van der Waals surface area contributed by atoms with Crippen molar-refractivity contribution in [3.63, 3.8) is 0 Å². The molecule has 0 unspecified atom stereocenters. The Labute approximate surface area is 100 Å². The van der Waals surface area contributed by atoms with E-state index in [4.69, 9.17) is 17.3 Å². The molecule has 0 atom stereocenters. The molecule has 0 aliphatic heterocycles. The molecule has 1 aromatic heterocycles. The minimum atomic E-state index is 0.580. The van der Waals surface area contributed by atoms with Crippen LogP contribution < -0.4 is 11.1 Å². The fourth-order valence-electron chi connectivity index (χ4n) is 2.26. The Morgan fingerprint density at radius 3 is 2.44 bits per heavy atom. The van der Waals surface area contributed by atoms with Crippen LogP contribution in [0.25, 0.3) is 0 Å². The lowest BCUT2D eigenvalue weighted by atomic mass is 10.1. The van der Waals surface area contributed by atoms with E-state index in [-0.39, 0.29) is 0 Å². The lowest BCUT2D eigenvalue weighted by Gasteiger charge is -2.19. The van der Waals surface area contributed by atoms with Crippen LogP contribution >= 0.6 is 11.6 Å². The van der Waals surface area contributed by atoms with Gasteiger partial charge in [0.1, 0.15) is 5.82 Å². The van der Waals surface area contributed by atoms with Crippen molar-refractivity contribution >= 4 is 23.1 Å². The van der Waals surface area contributed by atoms with E-state index in [9.17, 15) is 0 Å². The number of nitrogens with one attached hydrogen (secondary N) is 1. The summed E-state index contributed by atoms with van der Waals surface area (Å²) >= 11 is 5.83. The van der Waals surface area contributed by atoms with Crippen LogP contribution in [-0.4, -0.2) is 11.0 Å². The quantitative estimate of drug-likeness (QED) is 0.847. The van der Waals surface area contributed by atoms with Gasteiger partial charge in [0.2, 0.25) is 0 Å². The zero-order valence-corrected chi connectivity index (χ0v) is 9.87. The molecular formula is C12H16ClN3. The van der Waals surface area contributed by atoms with Crippen molar-refractivity contribution < 1.29 is 0 Å². The van der Waals surface area contributed by atoms with Crippen LogP contribution in [0.1, 0.15) is 25.7 Å². The van der Waals surface area contributed by atoms with Crippen LogP contribution in [0.4, 0.5) is 11.5 Å². The van der Waals surface area contributed by atoms with Gasteiger partial charge in [-0.25, -0.2) is 4.98 Å². The second-order valence-electron chi connectivity index (χ2n) is 4.94.